The van der Waals surface area contributed by atoms with Crippen molar-refractivity contribution in [1.82, 2.24) is 4.31 Å². The number of piperidine rings is 1. The van der Waals surface area contributed by atoms with Gasteiger partial charge < -0.3 is 5.73 Å². The lowest BCUT2D eigenvalue weighted by molar-refractivity contribution is 0.247. The molecule has 0 radical (unpaired) electrons. The van der Waals surface area contributed by atoms with Crippen LogP contribution >= 0.6 is 15.9 Å². The smallest absolute Gasteiger partial charge is 0.211 e. The Labute approximate surface area is 133 Å². The quantitative estimate of drug-likeness (QED) is 0.875. The van der Waals surface area contributed by atoms with Gasteiger partial charge in [0.05, 0.1) is 6.26 Å². The molecule has 2 rings (SSSR count). The van der Waals surface area contributed by atoms with Crippen LogP contribution < -0.4 is 5.73 Å². The van der Waals surface area contributed by atoms with Gasteiger partial charge >= 0.3 is 0 Å². The number of nitrogens with zero attached hydrogens (tertiary/aromatic N) is 1. The van der Waals surface area contributed by atoms with E-state index in [9.17, 15) is 12.8 Å². The second-order valence-electron chi connectivity index (χ2n) is 5.64. The molecule has 0 saturated carbocycles. The summed E-state index contributed by atoms with van der Waals surface area (Å²) in [6.07, 6.45) is 3.76. The predicted octanol–water partition coefficient (Wildman–Crippen LogP) is 2.65. The van der Waals surface area contributed by atoms with Gasteiger partial charge in [0.2, 0.25) is 10.0 Å². The molecule has 0 amide bonds. The molecule has 21 heavy (non-hydrogen) atoms. The molecule has 1 aliphatic rings. The van der Waals surface area contributed by atoms with Crippen LogP contribution in [0.4, 0.5) is 4.39 Å². The van der Waals surface area contributed by atoms with Crippen LogP contribution in [0, 0.1) is 11.7 Å². The van der Waals surface area contributed by atoms with Crippen molar-refractivity contribution >= 4 is 26.0 Å². The molecule has 2 atom stereocenters. The Morgan fingerprint density at radius 2 is 2.24 bits per heavy atom. The first-order chi connectivity index (χ1) is 9.77. The Morgan fingerprint density at radius 1 is 1.52 bits per heavy atom. The highest BCUT2D eigenvalue weighted by Gasteiger charge is 2.27. The minimum absolute atomic E-state index is 0.232. The van der Waals surface area contributed by atoms with E-state index in [-0.39, 0.29) is 17.8 Å². The fourth-order valence-corrected chi connectivity index (χ4v) is 4.40. The Hall–Kier alpha value is -0.500. The summed E-state index contributed by atoms with van der Waals surface area (Å²) >= 11 is 3.33. The average Bonchev–Trinajstić information content (AvgIpc) is 2.37. The van der Waals surface area contributed by atoms with E-state index in [2.05, 4.69) is 15.9 Å². The normalized spacial score (nSPS) is 22.2. The number of hydrogen-bond acceptors (Lipinski definition) is 3. The molecule has 1 saturated heterocycles. The molecule has 4 nitrogen and oxygen atoms in total. The molecule has 2 N–H and O–H groups in total. The zero-order valence-corrected chi connectivity index (χ0v) is 14.3. The largest absolute Gasteiger partial charge is 0.324 e. The topological polar surface area (TPSA) is 63.4 Å². The third-order valence-electron chi connectivity index (χ3n) is 3.90. The molecule has 0 bridgehead atoms. The highest BCUT2D eigenvalue weighted by Crippen LogP contribution is 2.30. The van der Waals surface area contributed by atoms with E-state index in [0.29, 0.717) is 24.0 Å². The molecule has 1 aromatic carbocycles. The first kappa shape index (κ1) is 16.9. The van der Waals surface area contributed by atoms with Crippen LogP contribution in [0.5, 0.6) is 0 Å². The highest BCUT2D eigenvalue weighted by atomic mass is 79.9. The number of benzene rings is 1. The van der Waals surface area contributed by atoms with E-state index in [4.69, 9.17) is 5.73 Å². The maximum atomic E-state index is 13.1. The van der Waals surface area contributed by atoms with Crippen LogP contribution in [-0.4, -0.2) is 32.1 Å². The zero-order valence-electron chi connectivity index (χ0n) is 11.9. The summed E-state index contributed by atoms with van der Waals surface area (Å²) in [7, 11) is -3.14. The fourth-order valence-electron chi connectivity index (χ4n) is 2.81. The molecule has 1 aliphatic heterocycles. The summed E-state index contributed by atoms with van der Waals surface area (Å²) in [6, 6.07) is 4.24. The lowest BCUT2D eigenvalue weighted by Gasteiger charge is -2.32. The molecule has 118 valence electrons. The first-order valence-electron chi connectivity index (χ1n) is 6.93. The van der Waals surface area contributed by atoms with Crippen molar-refractivity contribution in [3.05, 3.63) is 34.1 Å². The SMILES string of the molecule is CS(=O)(=O)N1CCCC(CC(N)c2ccc(F)cc2Br)C1. The molecular weight excluding hydrogens is 359 g/mol. The molecule has 2 unspecified atom stereocenters. The van der Waals surface area contributed by atoms with Gasteiger partial charge in [-0.25, -0.2) is 17.1 Å². The highest BCUT2D eigenvalue weighted by molar-refractivity contribution is 9.10. The Kier molecular flexibility index (Phi) is 5.40. The van der Waals surface area contributed by atoms with Crippen molar-refractivity contribution in [3.8, 4) is 0 Å². The predicted molar refractivity (Wildman–Crippen MR) is 84.8 cm³/mol. The average molecular weight is 379 g/mol. The van der Waals surface area contributed by atoms with Crippen molar-refractivity contribution in [2.75, 3.05) is 19.3 Å². The van der Waals surface area contributed by atoms with E-state index in [1.165, 1.54) is 22.7 Å². The van der Waals surface area contributed by atoms with Crippen LogP contribution in [0.2, 0.25) is 0 Å². The van der Waals surface area contributed by atoms with E-state index in [0.717, 1.165) is 18.4 Å². The van der Waals surface area contributed by atoms with Gasteiger partial charge in [0.15, 0.2) is 0 Å². The van der Waals surface area contributed by atoms with Gasteiger partial charge in [0.1, 0.15) is 5.82 Å². The zero-order chi connectivity index (χ0) is 15.6. The van der Waals surface area contributed by atoms with Crippen LogP contribution in [0.3, 0.4) is 0 Å². The minimum atomic E-state index is -3.14. The van der Waals surface area contributed by atoms with Gasteiger partial charge in [0.25, 0.3) is 0 Å². The van der Waals surface area contributed by atoms with Gasteiger partial charge in [-0.05, 0) is 42.9 Å². The molecular formula is C14H20BrFN2O2S. The molecule has 0 spiro atoms. The number of sulfonamides is 1. The van der Waals surface area contributed by atoms with Crippen molar-refractivity contribution in [1.29, 1.82) is 0 Å². The van der Waals surface area contributed by atoms with Gasteiger partial charge in [-0.3, -0.25) is 0 Å². The minimum Gasteiger partial charge on any atom is -0.324 e. The number of nitrogens with two attached hydrogens (primary N) is 1. The third-order valence-corrected chi connectivity index (χ3v) is 5.86. The van der Waals surface area contributed by atoms with E-state index >= 15 is 0 Å². The van der Waals surface area contributed by atoms with Gasteiger partial charge in [-0.2, -0.15) is 0 Å². The molecule has 0 aliphatic carbocycles. The number of halogens is 2. The van der Waals surface area contributed by atoms with Gasteiger partial charge in [-0.1, -0.05) is 22.0 Å². The van der Waals surface area contributed by atoms with E-state index in [1.807, 2.05) is 0 Å². The summed E-state index contributed by atoms with van der Waals surface area (Å²) in [5.41, 5.74) is 7.07. The Balaban J connectivity index is 2.03. The standard InChI is InChI=1S/C14H20BrFN2O2S/c1-21(19,20)18-6-2-3-10(9-18)7-14(17)12-5-4-11(16)8-13(12)15/h4-5,8,10,14H,2-3,6-7,9,17H2,1H3. The maximum absolute atomic E-state index is 13.1. The summed E-state index contributed by atoms with van der Waals surface area (Å²) in [6.45, 7) is 1.11. The van der Waals surface area contributed by atoms with Crippen molar-refractivity contribution in [3.63, 3.8) is 0 Å². The molecule has 1 aromatic rings. The van der Waals surface area contributed by atoms with Crippen molar-refractivity contribution in [2.24, 2.45) is 11.7 Å². The Bertz CT molecular complexity index is 609. The monoisotopic (exact) mass is 378 g/mol. The summed E-state index contributed by atoms with van der Waals surface area (Å²) in [5.74, 6) is -0.0702. The van der Waals surface area contributed by atoms with Gasteiger partial charge in [-0.15, -0.1) is 0 Å². The van der Waals surface area contributed by atoms with Crippen molar-refractivity contribution < 1.29 is 12.8 Å². The lowest BCUT2D eigenvalue weighted by Crippen LogP contribution is -2.40. The maximum Gasteiger partial charge on any atom is 0.211 e. The molecule has 7 heteroatoms. The fraction of sp³-hybridized carbons (Fsp3) is 0.571. The molecule has 0 aromatic heterocycles. The second-order valence-corrected chi connectivity index (χ2v) is 8.47. The number of rotatable bonds is 4. The van der Waals surface area contributed by atoms with Crippen LogP contribution in [0.1, 0.15) is 30.9 Å². The summed E-state index contributed by atoms with van der Waals surface area (Å²) in [5, 5.41) is 0. The summed E-state index contributed by atoms with van der Waals surface area (Å²) < 4.78 is 38.5. The van der Waals surface area contributed by atoms with Crippen molar-refractivity contribution in [2.45, 2.75) is 25.3 Å². The summed E-state index contributed by atoms with van der Waals surface area (Å²) in [4.78, 5) is 0. The first-order valence-corrected chi connectivity index (χ1v) is 9.57. The van der Waals surface area contributed by atoms with Crippen LogP contribution in [-0.2, 0) is 10.0 Å². The lowest BCUT2D eigenvalue weighted by atomic mass is 9.90. The van der Waals surface area contributed by atoms with Crippen LogP contribution in [0.25, 0.3) is 0 Å². The molecule has 1 fully saturated rings. The second kappa shape index (κ2) is 6.73. The van der Waals surface area contributed by atoms with Gasteiger partial charge in [0, 0.05) is 23.6 Å². The van der Waals surface area contributed by atoms with Crippen LogP contribution in [0.15, 0.2) is 22.7 Å². The molecule has 1 heterocycles. The van der Waals surface area contributed by atoms with E-state index < -0.39 is 10.0 Å². The number of hydrogen-bond donors (Lipinski definition) is 1. The Morgan fingerprint density at radius 3 is 2.86 bits per heavy atom. The third kappa shape index (κ3) is 4.48. The van der Waals surface area contributed by atoms with E-state index in [1.54, 1.807) is 6.07 Å².